The van der Waals surface area contributed by atoms with Gasteiger partial charge in [0.1, 0.15) is 11.4 Å². The number of hydrogen-bond acceptors (Lipinski definition) is 5. The molecule has 106 valence electrons. The van der Waals surface area contributed by atoms with Crippen LogP contribution in [0.2, 0.25) is 0 Å². The van der Waals surface area contributed by atoms with Gasteiger partial charge in [-0.15, -0.1) is 0 Å². The molecule has 1 aromatic carbocycles. The normalized spacial score (nSPS) is 13.5. The van der Waals surface area contributed by atoms with E-state index >= 15 is 0 Å². The number of imide groups is 1. The highest BCUT2D eigenvalue weighted by molar-refractivity contribution is 6.34. The van der Waals surface area contributed by atoms with Crippen molar-refractivity contribution in [3.8, 4) is 5.75 Å². The molecule has 0 saturated heterocycles. The number of rotatable bonds is 3. The summed E-state index contributed by atoms with van der Waals surface area (Å²) in [4.78, 5) is 30.1. The second kappa shape index (κ2) is 4.99. The van der Waals surface area contributed by atoms with E-state index in [1.165, 1.54) is 13.3 Å². The van der Waals surface area contributed by atoms with Crippen molar-refractivity contribution in [3.63, 3.8) is 0 Å². The lowest BCUT2D eigenvalue weighted by Gasteiger charge is -2.20. The van der Waals surface area contributed by atoms with E-state index in [2.05, 4.69) is 4.98 Å². The Hall–Kier alpha value is -2.73. The van der Waals surface area contributed by atoms with Gasteiger partial charge in [0, 0.05) is 12.7 Å². The van der Waals surface area contributed by atoms with Crippen LogP contribution >= 0.6 is 0 Å². The van der Waals surface area contributed by atoms with Crippen molar-refractivity contribution >= 4 is 17.5 Å². The summed E-state index contributed by atoms with van der Waals surface area (Å²) in [6.07, 6.45) is 1.49. The molecule has 1 aliphatic heterocycles. The standard InChI is InChI=1S/C15H13N3O3/c1-21-11-6-2-4-9(8-16)13(11)18-14(19)10-5-3-7-17-12(10)15(18)20/h2-7H,8,16H2,1H3. The maximum Gasteiger partial charge on any atom is 0.284 e. The van der Waals surface area contributed by atoms with Crippen LogP contribution in [0.15, 0.2) is 36.5 Å². The zero-order chi connectivity index (χ0) is 15.0. The fourth-order valence-electron chi connectivity index (χ4n) is 2.42. The molecule has 0 saturated carbocycles. The quantitative estimate of drug-likeness (QED) is 0.859. The molecule has 6 heteroatoms. The van der Waals surface area contributed by atoms with E-state index in [9.17, 15) is 9.59 Å². The third kappa shape index (κ3) is 1.88. The van der Waals surface area contributed by atoms with Gasteiger partial charge in [0.2, 0.25) is 0 Å². The molecule has 21 heavy (non-hydrogen) atoms. The maximum atomic E-state index is 12.5. The van der Waals surface area contributed by atoms with E-state index in [0.29, 0.717) is 17.0 Å². The molecule has 2 aromatic rings. The van der Waals surface area contributed by atoms with E-state index in [0.717, 1.165) is 4.90 Å². The predicted molar refractivity (Wildman–Crippen MR) is 76.3 cm³/mol. The van der Waals surface area contributed by atoms with Gasteiger partial charge >= 0.3 is 0 Å². The Bertz CT molecular complexity index is 685. The molecule has 0 spiro atoms. The average Bonchev–Trinajstić information content (AvgIpc) is 2.78. The molecule has 0 aliphatic carbocycles. The number of amides is 2. The van der Waals surface area contributed by atoms with Crippen LogP contribution in [-0.2, 0) is 6.54 Å². The summed E-state index contributed by atoms with van der Waals surface area (Å²) < 4.78 is 5.27. The van der Waals surface area contributed by atoms with Gasteiger partial charge in [-0.1, -0.05) is 12.1 Å². The number of anilines is 1. The van der Waals surface area contributed by atoms with E-state index in [1.807, 2.05) is 0 Å². The van der Waals surface area contributed by atoms with Crippen LogP contribution in [0.1, 0.15) is 26.4 Å². The molecule has 1 aliphatic rings. The van der Waals surface area contributed by atoms with E-state index in [-0.39, 0.29) is 17.8 Å². The van der Waals surface area contributed by atoms with Crippen molar-refractivity contribution in [2.45, 2.75) is 6.54 Å². The number of para-hydroxylation sites is 1. The summed E-state index contributed by atoms with van der Waals surface area (Å²) in [6.45, 7) is 0.188. The highest BCUT2D eigenvalue weighted by atomic mass is 16.5. The molecular formula is C15H13N3O3. The molecule has 2 amide bonds. The van der Waals surface area contributed by atoms with Gasteiger partial charge < -0.3 is 10.5 Å². The van der Waals surface area contributed by atoms with Crippen molar-refractivity contribution < 1.29 is 14.3 Å². The van der Waals surface area contributed by atoms with E-state index < -0.39 is 11.8 Å². The van der Waals surface area contributed by atoms with Crippen LogP contribution in [0.4, 0.5) is 5.69 Å². The summed E-state index contributed by atoms with van der Waals surface area (Å²) in [6, 6.07) is 8.42. The number of nitrogens with two attached hydrogens (primary N) is 1. The zero-order valence-corrected chi connectivity index (χ0v) is 11.4. The minimum absolute atomic E-state index is 0.149. The Balaban J connectivity index is 2.20. The Morgan fingerprint density at radius 2 is 2.00 bits per heavy atom. The molecule has 3 rings (SSSR count). The Labute approximate surface area is 121 Å². The van der Waals surface area contributed by atoms with E-state index in [4.69, 9.17) is 10.5 Å². The van der Waals surface area contributed by atoms with Gasteiger partial charge in [-0.25, -0.2) is 4.90 Å². The number of carbonyl (C=O) groups excluding carboxylic acids is 2. The molecule has 0 radical (unpaired) electrons. The fraction of sp³-hybridized carbons (Fsp3) is 0.133. The van der Waals surface area contributed by atoms with Crippen LogP contribution in [0.3, 0.4) is 0 Å². The van der Waals surface area contributed by atoms with Gasteiger partial charge in [-0.05, 0) is 23.8 Å². The van der Waals surface area contributed by atoms with Gasteiger partial charge in [0.25, 0.3) is 11.8 Å². The summed E-state index contributed by atoms with van der Waals surface area (Å²) >= 11 is 0. The number of pyridine rings is 1. The topological polar surface area (TPSA) is 85.5 Å². The van der Waals surface area contributed by atoms with Gasteiger partial charge in [0.15, 0.2) is 0 Å². The second-order valence-electron chi connectivity index (χ2n) is 4.52. The summed E-state index contributed by atoms with van der Waals surface area (Å²) in [5, 5.41) is 0. The third-order valence-corrected chi connectivity index (χ3v) is 3.39. The SMILES string of the molecule is COc1cccc(CN)c1N1C(=O)c2cccnc2C1=O. The number of ether oxygens (including phenoxy) is 1. The maximum absolute atomic E-state index is 12.5. The Morgan fingerprint density at radius 3 is 2.67 bits per heavy atom. The fourth-order valence-corrected chi connectivity index (χ4v) is 2.42. The van der Waals surface area contributed by atoms with Crippen molar-refractivity contribution in [1.82, 2.24) is 4.98 Å². The third-order valence-electron chi connectivity index (χ3n) is 3.39. The molecule has 2 heterocycles. The number of methoxy groups -OCH3 is 1. The smallest absolute Gasteiger partial charge is 0.284 e. The number of hydrogen-bond donors (Lipinski definition) is 1. The molecular weight excluding hydrogens is 270 g/mol. The first-order valence-electron chi connectivity index (χ1n) is 6.38. The second-order valence-corrected chi connectivity index (χ2v) is 4.52. The van der Waals surface area contributed by atoms with Gasteiger partial charge in [0.05, 0.1) is 18.4 Å². The summed E-state index contributed by atoms with van der Waals surface area (Å²) in [7, 11) is 1.48. The molecule has 1 aromatic heterocycles. The highest BCUT2D eigenvalue weighted by Crippen LogP contribution is 2.36. The minimum Gasteiger partial charge on any atom is -0.495 e. The van der Waals surface area contributed by atoms with Crippen molar-refractivity contribution in [1.29, 1.82) is 0 Å². The number of fused-ring (bicyclic) bond motifs is 1. The lowest BCUT2D eigenvalue weighted by atomic mass is 10.1. The molecule has 0 bridgehead atoms. The first kappa shape index (κ1) is 13.3. The molecule has 0 unspecified atom stereocenters. The van der Waals surface area contributed by atoms with Crippen molar-refractivity contribution in [2.75, 3.05) is 12.0 Å². The predicted octanol–water partition coefficient (Wildman–Crippen LogP) is 1.35. The van der Waals surface area contributed by atoms with Crippen LogP contribution < -0.4 is 15.4 Å². The van der Waals surface area contributed by atoms with Crippen LogP contribution in [0.5, 0.6) is 5.75 Å². The monoisotopic (exact) mass is 283 g/mol. The largest absolute Gasteiger partial charge is 0.495 e. The van der Waals surface area contributed by atoms with Crippen LogP contribution in [-0.4, -0.2) is 23.9 Å². The summed E-state index contributed by atoms with van der Waals surface area (Å²) in [5.41, 5.74) is 7.20. The lowest BCUT2D eigenvalue weighted by Crippen LogP contribution is -2.31. The van der Waals surface area contributed by atoms with Gasteiger partial charge in [-0.2, -0.15) is 0 Å². The van der Waals surface area contributed by atoms with Crippen molar-refractivity contribution in [3.05, 3.63) is 53.3 Å². The first-order chi connectivity index (χ1) is 10.2. The molecule has 6 nitrogen and oxygen atoms in total. The Morgan fingerprint density at radius 1 is 1.19 bits per heavy atom. The zero-order valence-electron chi connectivity index (χ0n) is 11.4. The number of nitrogens with zero attached hydrogens (tertiary/aromatic N) is 2. The molecule has 2 N–H and O–H groups in total. The number of carbonyl (C=O) groups is 2. The summed E-state index contributed by atoms with van der Waals surface area (Å²) in [5.74, 6) is -0.454. The minimum atomic E-state index is -0.463. The van der Waals surface area contributed by atoms with Crippen LogP contribution in [0.25, 0.3) is 0 Å². The number of aromatic nitrogens is 1. The lowest BCUT2D eigenvalue weighted by molar-refractivity contribution is 0.0923. The molecule has 0 atom stereocenters. The average molecular weight is 283 g/mol. The first-order valence-corrected chi connectivity index (χ1v) is 6.38. The van der Waals surface area contributed by atoms with Gasteiger partial charge in [-0.3, -0.25) is 14.6 Å². The van der Waals surface area contributed by atoms with Crippen LogP contribution in [0, 0.1) is 0 Å². The Kier molecular flexibility index (Phi) is 3.15. The van der Waals surface area contributed by atoms with E-state index in [1.54, 1.807) is 30.3 Å². The molecule has 0 fully saturated rings. The van der Waals surface area contributed by atoms with Crippen molar-refractivity contribution in [2.24, 2.45) is 5.73 Å². The number of benzene rings is 1. The highest BCUT2D eigenvalue weighted by Gasteiger charge is 2.39.